The molecule has 0 amide bonds. The SMILES string of the molecule is CC(C)Oc1ccc(C(Cl)C(F)(F)C(F)(F)F)cc1. The summed E-state index contributed by atoms with van der Waals surface area (Å²) in [6.45, 7) is 3.52. The highest BCUT2D eigenvalue weighted by molar-refractivity contribution is 6.21. The molecule has 1 aromatic rings. The van der Waals surface area contributed by atoms with Crippen molar-refractivity contribution in [3.8, 4) is 5.75 Å². The highest BCUT2D eigenvalue weighted by Gasteiger charge is 2.62. The molecule has 0 saturated carbocycles. The van der Waals surface area contributed by atoms with Gasteiger partial charge in [-0.05, 0) is 31.5 Å². The molecule has 0 N–H and O–H groups in total. The summed E-state index contributed by atoms with van der Waals surface area (Å²) in [5, 5.41) is -2.47. The van der Waals surface area contributed by atoms with Crippen molar-refractivity contribution in [1.82, 2.24) is 0 Å². The smallest absolute Gasteiger partial charge is 0.455 e. The van der Waals surface area contributed by atoms with Crippen molar-refractivity contribution in [3.05, 3.63) is 29.8 Å². The Morgan fingerprint density at radius 3 is 1.84 bits per heavy atom. The minimum Gasteiger partial charge on any atom is -0.491 e. The van der Waals surface area contributed by atoms with Crippen molar-refractivity contribution in [1.29, 1.82) is 0 Å². The van der Waals surface area contributed by atoms with Gasteiger partial charge in [0.2, 0.25) is 0 Å². The van der Waals surface area contributed by atoms with Gasteiger partial charge in [-0.2, -0.15) is 22.0 Å². The van der Waals surface area contributed by atoms with Gasteiger partial charge < -0.3 is 4.74 Å². The zero-order valence-corrected chi connectivity index (χ0v) is 10.9. The van der Waals surface area contributed by atoms with E-state index in [1.807, 2.05) is 0 Å². The molecular formula is C12H12ClF5O. The van der Waals surface area contributed by atoms with E-state index in [1.54, 1.807) is 13.8 Å². The van der Waals surface area contributed by atoms with Crippen LogP contribution >= 0.6 is 11.6 Å². The van der Waals surface area contributed by atoms with E-state index in [1.165, 1.54) is 12.1 Å². The number of rotatable bonds is 4. The zero-order valence-electron chi connectivity index (χ0n) is 10.1. The second kappa shape index (κ2) is 5.53. The number of ether oxygens (including phenoxy) is 1. The average Bonchev–Trinajstić information content (AvgIpc) is 2.26. The van der Waals surface area contributed by atoms with Crippen LogP contribution in [0.25, 0.3) is 0 Å². The Bertz CT molecular complexity index is 413. The van der Waals surface area contributed by atoms with Gasteiger partial charge >= 0.3 is 12.1 Å². The molecule has 0 aliphatic carbocycles. The summed E-state index contributed by atoms with van der Waals surface area (Å²) in [5.74, 6) is -4.62. The molecule has 0 aromatic heterocycles. The van der Waals surface area contributed by atoms with E-state index in [0.717, 1.165) is 12.1 Å². The highest BCUT2D eigenvalue weighted by Crippen LogP contribution is 2.47. The Morgan fingerprint density at radius 2 is 1.47 bits per heavy atom. The summed E-state index contributed by atoms with van der Waals surface area (Å²) in [6.07, 6.45) is -5.82. The van der Waals surface area contributed by atoms with Crippen LogP contribution < -0.4 is 4.74 Å². The predicted molar refractivity (Wildman–Crippen MR) is 61.8 cm³/mol. The Balaban J connectivity index is 2.92. The lowest BCUT2D eigenvalue weighted by molar-refractivity contribution is -0.283. The van der Waals surface area contributed by atoms with Crippen LogP contribution in [0.4, 0.5) is 22.0 Å². The molecule has 0 fully saturated rings. The van der Waals surface area contributed by atoms with Gasteiger partial charge in [-0.25, -0.2) is 0 Å². The van der Waals surface area contributed by atoms with Crippen molar-refractivity contribution in [2.75, 3.05) is 0 Å². The summed E-state index contributed by atoms with van der Waals surface area (Å²) in [6, 6.07) is 4.79. The maximum atomic E-state index is 13.0. The minimum atomic E-state index is -5.69. The maximum absolute atomic E-state index is 13.0. The summed E-state index contributed by atoms with van der Waals surface area (Å²) >= 11 is 5.23. The lowest BCUT2D eigenvalue weighted by Gasteiger charge is -2.24. The van der Waals surface area contributed by atoms with Crippen molar-refractivity contribution < 1.29 is 26.7 Å². The monoisotopic (exact) mass is 302 g/mol. The molecule has 1 unspecified atom stereocenters. The molecule has 1 aromatic carbocycles. The normalized spacial score (nSPS) is 14.6. The van der Waals surface area contributed by atoms with Gasteiger partial charge in [0.15, 0.2) is 0 Å². The third-order valence-electron chi connectivity index (χ3n) is 2.24. The molecule has 0 aliphatic rings. The minimum absolute atomic E-state index is 0.130. The number of hydrogen-bond acceptors (Lipinski definition) is 1. The van der Waals surface area contributed by atoms with Crippen molar-refractivity contribution in [2.45, 2.75) is 37.4 Å². The molecule has 7 heteroatoms. The second-order valence-corrected chi connectivity index (χ2v) is 4.66. The van der Waals surface area contributed by atoms with E-state index in [9.17, 15) is 22.0 Å². The molecule has 0 heterocycles. The van der Waals surface area contributed by atoms with Crippen LogP contribution in [0.1, 0.15) is 24.8 Å². The molecule has 19 heavy (non-hydrogen) atoms. The molecule has 0 aliphatic heterocycles. The first-order chi connectivity index (χ1) is 8.55. The number of hydrogen-bond donors (Lipinski definition) is 0. The number of benzene rings is 1. The van der Waals surface area contributed by atoms with Gasteiger partial charge in [-0.3, -0.25) is 0 Å². The standard InChI is InChI=1S/C12H12ClF5O/c1-7(2)19-9-5-3-8(4-6-9)10(13)11(14,15)12(16,17)18/h3-7,10H,1-2H3. The van der Waals surface area contributed by atoms with Crippen LogP contribution in [0.5, 0.6) is 5.75 Å². The average molecular weight is 303 g/mol. The molecule has 1 atom stereocenters. The van der Waals surface area contributed by atoms with Crippen LogP contribution in [0, 0.1) is 0 Å². The molecule has 0 bridgehead atoms. The predicted octanol–water partition coefficient (Wildman–Crippen LogP) is 4.95. The van der Waals surface area contributed by atoms with Crippen LogP contribution in [0.15, 0.2) is 24.3 Å². The first-order valence-electron chi connectivity index (χ1n) is 5.41. The van der Waals surface area contributed by atoms with Gasteiger partial charge in [-0.15, -0.1) is 11.6 Å². The lowest BCUT2D eigenvalue weighted by Crippen LogP contribution is -2.40. The van der Waals surface area contributed by atoms with Gasteiger partial charge in [0.1, 0.15) is 11.1 Å². The van der Waals surface area contributed by atoms with E-state index < -0.39 is 17.5 Å². The van der Waals surface area contributed by atoms with Crippen LogP contribution in [-0.2, 0) is 0 Å². The Labute approximate surface area is 112 Å². The van der Waals surface area contributed by atoms with Crippen molar-refractivity contribution >= 4 is 11.6 Å². The van der Waals surface area contributed by atoms with Crippen LogP contribution in [0.3, 0.4) is 0 Å². The topological polar surface area (TPSA) is 9.23 Å². The largest absolute Gasteiger partial charge is 0.491 e. The Kier molecular flexibility index (Phi) is 4.66. The van der Waals surface area contributed by atoms with Gasteiger partial charge in [0.25, 0.3) is 0 Å². The van der Waals surface area contributed by atoms with E-state index in [2.05, 4.69) is 0 Å². The first kappa shape index (κ1) is 16.0. The maximum Gasteiger partial charge on any atom is 0.455 e. The molecule has 1 nitrogen and oxygen atoms in total. The van der Waals surface area contributed by atoms with Gasteiger partial charge in [0, 0.05) is 0 Å². The summed E-state index contributed by atoms with van der Waals surface area (Å²) in [7, 11) is 0. The van der Waals surface area contributed by atoms with Gasteiger partial charge in [0.05, 0.1) is 6.10 Å². The Morgan fingerprint density at radius 1 is 1.00 bits per heavy atom. The fourth-order valence-electron chi connectivity index (χ4n) is 1.34. The molecule has 0 radical (unpaired) electrons. The molecular weight excluding hydrogens is 291 g/mol. The number of halogens is 6. The molecule has 1 rings (SSSR count). The third-order valence-corrected chi connectivity index (χ3v) is 2.77. The molecule has 0 saturated heterocycles. The molecule has 0 spiro atoms. The fourth-order valence-corrected chi connectivity index (χ4v) is 1.61. The fraction of sp³-hybridized carbons (Fsp3) is 0.500. The van der Waals surface area contributed by atoms with E-state index in [0.29, 0.717) is 5.75 Å². The molecule has 108 valence electrons. The van der Waals surface area contributed by atoms with Gasteiger partial charge in [-0.1, -0.05) is 12.1 Å². The Hall–Kier alpha value is -1.04. The summed E-state index contributed by atoms with van der Waals surface area (Å²) in [5.41, 5.74) is -0.319. The third kappa shape index (κ3) is 3.72. The van der Waals surface area contributed by atoms with Crippen LogP contribution in [0.2, 0.25) is 0 Å². The zero-order chi connectivity index (χ0) is 14.8. The van der Waals surface area contributed by atoms with Crippen LogP contribution in [-0.4, -0.2) is 18.2 Å². The summed E-state index contributed by atoms with van der Waals surface area (Å²) < 4.78 is 67.8. The second-order valence-electron chi connectivity index (χ2n) is 4.22. The quantitative estimate of drug-likeness (QED) is 0.565. The lowest BCUT2D eigenvalue weighted by atomic mass is 10.1. The van der Waals surface area contributed by atoms with E-state index in [4.69, 9.17) is 16.3 Å². The van der Waals surface area contributed by atoms with Crippen molar-refractivity contribution in [3.63, 3.8) is 0 Å². The summed E-state index contributed by atoms with van der Waals surface area (Å²) in [4.78, 5) is 0. The van der Waals surface area contributed by atoms with Crippen molar-refractivity contribution in [2.24, 2.45) is 0 Å². The first-order valence-corrected chi connectivity index (χ1v) is 5.84. The van der Waals surface area contributed by atoms with E-state index >= 15 is 0 Å². The van der Waals surface area contributed by atoms with E-state index in [-0.39, 0.29) is 11.7 Å². The number of alkyl halides is 6. The highest BCUT2D eigenvalue weighted by atomic mass is 35.5.